The van der Waals surface area contributed by atoms with Gasteiger partial charge < -0.3 is 15.3 Å². The van der Waals surface area contributed by atoms with Gasteiger partial charge in [0.15, 0.2) is 5.43 Å². The lowest BCUT2D eigenvalue weighted by Gasteiger charge is -2.36. The monoisotopic (exact) mass is 1050 g/mol. The SMILES string of the molecule is C.CC.CC.CC.CC.CC.CC(C)N1CCC2N=CNC2C1.CC(C)c1ccc2[nH]c(=O)ccc2c1.CC(C)c1ccc2[nH]ccc(=O)c2c1.CC(C)c1ccc2nnccc2c1.CC(C)c1ncc2ccccc2n1. The van der Waals surface area contributed by atoms with Gasteiger partial charge in [-0.3, -0.25) is 19.5 Å². The third-order valence-electron chi connectivity index (χ3n) is 12.0. The van der Waals surface area contributed by atoms with E-state index in [4.69, 9.17) is 0 Å². The second kappa shape index (κ2) is 38.9. The fraction of sp³-hybridized carbons (Fsp3) is 0.470. The molecule has 3 N–H and O–H groups in total. The lowest BCUT2D eigenvalue weighted by Crippen LogP contribution is -2.51. The van der Waals surface area contributed by atoms with E-state index < -0.39 is 0 Å². The molecule has 422 valence electrons. The van der Waals surface area contributed by atoms with Crippen LogP contribution in [0.5, 0.6) is 0 Å². The molecule has 2 unspecified atom stereocenters. The van der Waals surface area contributed by atoms with Crippen LogP contribution >= 0.6 is 0 Å². The number of hydrogen-bond acceptors (Lipinski definition) is 9. The molecule has 2 atom stereocenters. The van der Waals surface area contributed by atoms with Gasteiger partial charge in [0, 0.05) is 76.8 Å². The number of H-pyrrole nitrogens is 2. The van der Waals surface area contributed by atoms with E-state index in [0.717, 1.165) is 50.6 Å². The first-order valence-corrected chi connectivity index (χ1v) is 28.4. The highest BCUT2D eigenvalue weighted by atomic mass is 16.1. The van der Waals surface area contributed by atoms with Gasteiger partial charge in [-0.2, -0.15) is 10.2 Å². The van der Waals surface area contributed by atoms with Crippen LogP contribution in [0, 0.1) is 0 Å². The van der Waals surface area contributed by atoms with E-state index >= 15 is 0 Å². The average Bonchev–Trinajstić information content (AvgIpc) is 3.94. The first-order valence-electron chi connectivity index (χ1n) is 28.4. The molecule has 11 nitrogen and oxygen atoms in total. The maximum Gasteiger partial charge on any atom is 0.248 e. The van der Waals surface area contributed by atoms with Crippen LogP contribution in [0.1, 0.15) is 199 Å². The summed E-state index contributed by atoms with van der Waals surface area (Å²) in [4.78, 5) is 44.1. The lowest BCUT2D eigenvalue weighted by molar-refractivity contribution is 0.155. The Bertz CT molecular complexity index is 2880. The first kappa shape index (κ1) is 70.4. The standard InChI is InChI=1S/2C12H13NO.2C11H12N2.C9H17N3.5C2H6.CH4/c1-8(2)9-3-5-11-10(7-9)4-6-12(14)13-11;1-8(2)9-3-4-11-10(7-9)12(14)5-6-13-11;1-8(2)9-3-4-11-10(7-9)5-6-12-13-11;1-8(2)11-12-7-9-5-3-4-6-10(9)13-11;1-7(2)12-4-3-8-9(5-12)11-6-10-8;5*1-2;/h2*3-8H,1-2H3,(H,13,14);2*3-8H,1-2H3;6-9H,3-5H2,1-2H3,(H,10,11);5*1-2H3;1H4. The van der Waals surface area contributed by atoms with E-state index in [0.29, 0.717) is 41.8 Å². The smallest absolute Gasteiger partial charge is 0.248 e. The summed E-state index contributed by atoms with van der Waals surface area (Å²) in [7, 11) is 0. The normalized spacial score (nSPS) is 13.6. The molecule has 0 amide bonds. The molecular formula is C66H101N9O2. The summed E-state index contributed by atoms with van der Waals surface area (Å²) in [5, 5.41) is 15.3. The Morgan fingerprint density at radius 2 is 1.17 bits per heavy atom. The molecule has 0 saturated carbocycles. The number of para-hydroxylation sites is 1. The van der Waals surface area contributed by atoms with Gasteiger partial charge in [0.25, 0.3) is 0 Å². The predicted octanol–water partition coefficient (Wildman–Crippen LogP) is 17.0. The van der Waals surface area contributed by atoms with Gasteiger partial charge in [-0.15, -0.1) is 0 Å². The van der Waals surface area contributed by atoms with Crippen molar-refractivity contribution in [3.8, 4) is 0 Å². The number of aliphatic imine (C=N–C) groups is 1. The lowest BCUT2D eigenvalue weighted by atomic mass is 10.00. The molecule has 1 fully saturated rings. The van der Waals surface area contributed by atoms with Gasteiger partial charge in [-0.05, 0) is 115 Å². The number of rotatable bonds is 5. The van der Waals surface area contributed by atoms with Crippen molar-refractivity contribution in [2.24, 2.45) is 4.99 Å². The fourth-order valence-corrected chi connectivity index (χ4v) is 7.72. The van der Waals surface area contributed by atoms with Gasteiger partial charge in [0.1, 0.15) is 5.82 Å². The molecule has 6 heterocycles. The zero-order valence-corrected chi connectivity index (χ0v) is 50.3. The first-order chi connectivity index (χ1) is 36.7. The van der Waals surface area contributed by atoms with E-state index in [-0.39, 0.29) is 18.4 Å². The largest absolute Gasteiger partial charge is 0.370 e. The predicted molar refractivity (Wildman–Crippen MR) is 339 cm³/mol. The average molecular weight is 1050 g/mol. The minimum Gasteiger partial charge on any atom is -0.370 e. The quantitative estimate of drug-likeness (QED) is 0.155. The fourth-order valence-electron chi connectivity index (χ4n) is 7.72. The summed E-state index contributed by atoms with van der Waals surface area (Å²) in [6, 6.07) is 35.3. The number of likely N-dealkylation sites (tertiary alicyclic amines) is 1. The third kappa shape index (κ3) is 22.9. The molecule has 1 saturated heterocycles. The van der Waals surface area contributed by atoms with Crippen molar-refractivity contribution in [2.45, 2.75) is 194 Å². The van der Waals surface area contributed by atoms with E-state index in [9.17, 15) is 9.59 Å². The van der Waals surface area contributed by atoms with Crippen molar-refractivity contribution in [1.82, 2.24) is 40.3 Å². The van der Waals surface area contributed by atoms with E-state index in [2.05, 4.69) is 145 Å². The second-order valence-electron chi connectivity index (χ2n) is 18.6. The molecule has 8 aromatic rings. The minimum absolute atomic E-state index is 0. The van der Waals surface area contributed by atoms with E-state index in [1.165, 1.54) is 35.0 Å². The number of aromatic amines is 2. The van der Waals surface area contributed by atoms with Crippen LogP contribution in [0.4, 0.5) is 0 Å². The molecule has 0 bridgehead atoms. The number of fused-ring (bicyclic) bond motifs is 5. The van der Waals surface area contributed by atoms with Crippen LogP contribution < -0.4 is 16.3 Å². The number of nitrogens with zero attached hydrogens (tertiary/aromatic N) is 6. The third-order valence-corrected chi connectivity index (χ3v) is 12.0. The van der Waals surface area contributed by atoms with Crippen molar-refractivity contribution >= 4 is 50.0 Å². The van der Waals surface area contributed by atoms with Crippen molar-refractivity contribution in [1.29, 1.82) is 0 Å². The zero-order chi connectivity index (χ0) is 57.3. The second-order valence-corrected chi connectivity index (χ2v) is 18.6. The van der Waals surface area contributed by atoms with Gasteiger partial charge in [0.05, 0.1) is 35.7 Å². The van der Waals surface area contributed by atoms with Crippen molar-refractivity contribution in [3.63, 3.8) is 0 Å². The van der Waals surface area contributed by atoms with Crippen molar-refractivity contribution in [2.75, 3.05) is 13.1 Å². The Hall–Kier alpha value is -6.59. The Morgan fingerprint density at radius 3 is 1.78 bits per heavy atom. The highest BCUT2D eigenvalue weighted by Gasteiger charge is 2.31. The number of nitrogens with one attached hydrogen (secondary N) is 3. The van der Waals surface area contributed by atoms with Crippen molar-refractivity contribution < 1.29 is 0 Å². The summed E-state index contributed by atoms with van der Waals surface area (Å²) in [5.74, 6) is 2.85. The summed E-state index contributed by atoms with van der Waals surface area (Å²) in [6.07, 6.45) is 8.38. The van der Waals surface area contributed by atoms with Gasteiger partial charge in [-0.25, -0.2) is 9.97 Å². The van der Waals surface area contributed by atoms with E-state index in [1.54, 1.807) is 24.5 Å². The number of hydrogen-bond donors (Lipinski definition) is 3. The minimum atomic E-state index is -0.0465. The molecule has 2 aliphatic rings. The molecule has 77 heavy (non-hydrogen) atoms. The molecule has 11 heteroatoms. The molecule has 0 spiro atoms. The van der Waals surface area contributed by atoms with Crippen LogP contribution in [-0.2, 0) is 0 Å². The maximum atomic E-state index is 11.5. The Kier molecular flexibility index (Phi) is 35.5. The number of aromatic nitrogens is 6. The number of benzene rings is 4. The molecule has 4 aromatic carbocycles. The maximum absolute atomic E-state index is 11.5. The van der Waals surface area contributed by atoms with Gasteiger partial charge in [0.2, 0.25) is 5.56 Å². The highest BCUT2D eigenvalue weighted by Crippen LogP contribution is 2.22. The molecule has 0 radical (unpaired) electrons. The summed E-state index contributed by atoms with van der Waals surface area (Å²) in [5.41, 5.74) is 7.69. The van der Waals surface area contributed by atoms with Crippen LogP contribution in [0.15, 0.2) is 136 Å². The molecule has 2 aliphatic heterocycles. The van der Waals surface area contributed by atoms with Gasteiger partial charge >= 0.3 is 0 Å². The van der Waals surface area contributed by atoms with Crippen LogP contribution in [0.2, 0.25) is 0 Å². The van der Waals surface area contributed by atoms with Crippen LogP contribution in [-0.4, -0.2) is 72.6 Å². The number of pyridine rings is 2. The van der Waals surface area contributed by atoms with E-state index in [1.807, 2.05) is 142 Å². The Balaban J connectivity index is 0.000000897. The Morgan fingerprint density at radius 1 is 0.584 bits per heavy atom. The number of piperidine rings is 1. The highest BCUT2D eigenvalue weighted by molar-refractivity contribution is 5.80. The van der Waals surface area contributed by atoms with Crippen LogP contribution in [0.3, 0.4) is 0 Å². The Labute approximate surface area is 465 Å². The van der Waals surface area contributed by atoms with Gasteiger partial charge in [-0.1, -0.05) is 168 Å². The zero-order valence-electron chi connectivity index (χ0n) is 50.3. The van der Waals surface area contributed by atoms with Crippen LogP contribution in [0.25, 0.3) is 43.6 Å². The summed E-state index contributed by atoms with van der Waals surface area (Å²) in [6.45, 7) is 44.0. The molecule has 4 aromatic heterocycles. The topological polar surface area (TPSA) is 145 Å². The summed E-state index contributed by atoms with van der Waals surface area (Å²) >= 11 is 0. The molecule has 10 rings (SSSR count). The summed E-state index contributed by atoms with van der Waals surface area (Å²) < 4.78 is 0. The van der Waals surface area contributed by atoms with Crippen molar-refractivity contribution in [3.05, 3.63) is 165 Å². The molecule has 0 aliphatic carbocycles. The molecular weight excluding hydrogens is 951 g/mol.